The highest BCUT2D eigenvalue weighted by Gasteiger charge is 2.15. The van der Waals surface area contributed by atoms with Crippen molar-refractivity contribution in [1.29, 1.82) is 0 Å². The lowest BCUT2D eigenvalue weighted by atomic mass is 9.98. The first kappa shape index (κ1) is 18.7. The normalized spacial score (nSPS) is 11.2. The van der Waals surface area contributed by atoms with Crippen LogP contribution in [0.1, 0.15) is 11.1 Å². The van der Waals surface area contributed by atoms with Gasteiger partial charge in [-0.05, 0) is 35.9 Å². The second kappa shape index (κ2) is 7.53. The molecule has 2 heterocycles. The lowest BCUT2D eigenvalue weighted by Crippen LogP contribution is -2.04. The Hall–Kier alpha value is -4.26. The Labute approximate surface area is 177 Å². The fraction of sp³-hybridized carbons (Fsp3) is 0.0833. The fourth-order valence-corrected chi connectivity index (χ4v) is 3.83. The second-order valence-corrected chi connectivity index (χ2v) is 7.29. The van der Waals surface area contributed by atoms with Crippen LogP contribution in [0.15, 0.2) is 71.3 Å². The molecular weight excluding hydrogens is 394 g/mol. The standard InChI is InChI=1S/C24H19N3O4/c25-24-18-6-3-5-17(22(18)26-27-24)19-11-14(10-16-8-9-30-23(16)19)13-31-20-7-2-1-4-15(20)12-21(28)29/h1-11H,12-13H2,(H,28,29)(H3,25,26,27). The number of nitrogens with two attached hydrogens (primary N) is 1. The van der Waals surface area contributed by atoms with E-state index in [-0.39, 0.29) is 13.0 Å². The highest BCUT2D eigenvalue weighted by atomic mass is 16.5. The number of carbonyl (C=O) groups is 1. The zero-order valence-electron chi connectivity index (χ0n) is 16.5. The van der Waals surface area contributed by atoms with Crippen molar-refractivity contribution in [3.8, 4) is 16.9 Å². The first-order valence-electron chi connectivity index (χ1n) is 9.75. The molecule has 154 valence electrons. The highest BCUT2D eigenvalue weighted by molar-refractivity contribution is 6.04. The molecule has 3 aromatic carbocycles. The predicted molar refractivity (Wildman–Crippen MR) is 118 cm³/mol. The van der Waals surface area contributed by atoms with E-state index in [0.29, 0.717) is 17.1 Å². The number of fused-ring (bicyclic) bond motifs is 2. The molecule has 0 fully saturated rings. The Balaban J connectivity index is 1.54. The van der Waals surface area contributed by atoms with Crippen molar-refractivity contribution in [3.05, 3.63) is 78.1 Å². The molecule has 0 amide bonds. The number of anilines is 1. The van der Waals surface area contributed by atoms with Crippen LogP contribution in [-0.2, 0) is 17.8 Å². The molecule has 0 saturated carbocycles. The summed E-state index contributed by atoms with van der Waals surface area (Å²) in [5, 5.41) is 18.1. The molecule has 0 atom stereocenters. The van der Waals surface area contributed by atoms with E-state index in [2.05, 4.69) is 10.2 Å². The highest BCUT2D eigenvalue weighted by Crippen LogP contribution is 2.36. The maximum absolute atomic E-state index is 11.1. The molecule has 0 spiro atoms. The Kier molecular flexibility index (Phi) is 4.55. The molecule has 0 aliphatic carbocycles. The molecule has 5 aromatic rings. The molecular formula is C24H19N3O4. The molecule has 0 aliphatic rings. The molecule has 7 heteroatoms. The van der Waals surface area contributed by atoms with Crippen molar-refractivity contribution in [1.82, 2.24) is 10.2 Å². The SMILES string of the molecule is Nc1n[nH]c2c(-c3cc(COc4ccccc4CC(=O)O)cc4ccoc34)cccc12. The smallest absolute Gasteiger partial charge is 0.307 e. The molecule has 0 saturated heterocycles. The number of nitrogens with zero attached hydrogens (tertiary/aromatic N) is 1. The number of aromatic nitrogens is 2. The number of ether oxygens (including phenoxy) is 1. The van der Waals surface area contributed by atoms with E-state index in [1.807, 2.05) is 42.5 Å². The Bertz CT molecular complexity index is 1420. The summed E-state index contributed by atoms with van der Waals surface area (Å²) in [4.78, 5) is 11.1. The summed E-state index contributed by atoms with van der Waals surface area (Å²) in [7, 11) is 0. The van der Waals surface area contributed by atoms with Gasteiger partial charge in [-0.15, -0.1) is 0 Å². The van der Waals surface area contributed by atoms with Gasteiger partial charge in [-0.3, -0.25) is 9.89 Å². The second-order valence-electron chi connectivity index (χ2n) is 7.29. The van der Waals surface area contributed by atoms with Crippen LogP contribution in [0.3, 0.4) is 0 Å². The van der Waals surface area contributed by atoms with E-state index in [1.165, 1.54) is 0 Å². The van der Waals surface area contributed by atoms with Crippen LogP contribution in [0.4, 0.5) is 5.82 Å². The summed E-state index contributed by atoms with van der Waals surface area (Å²) < 4.78 is 11.8. The van der Waals surface area contributed by atoms with Crippen molar-refractivity contribution >= 4 is 33.7 Å². The zero-order valence-corrected chi connectivity index (χ0v) is 16.5. The van der Waals surface area contributed by atoms with Gasteiger partial charge >= 0.3 is 5.97 Å². The number of rotatable bonds is 6. The largest absolute Gasteiger partial charge is 0.489 e. The number of aliphatic carboxylic acids is 1. The number of aromatic amines is 1. The van der Waals surface area contributed by atoms with Crippen LogP contribution in [0, 0.1) is 0 Å². The number of furan rings is 1. The van der Waals surface area contributed by atoms with Crippen molar-refractivity contribution < 1.29 is 19.1 Å². The number of carboxylic acids is 1. The van der Waals surface area contributed by atoms with E-state index in [9.17, 15) is 4.79 Å². The van der Waals surface area contributed by atoms with Gasteiger partial charge in [0, 0.05) is 27.5 Å². The van der Waals surface area contributed by atoms with E-state index in [0.717, 1.165) is 38.6 Å². The minimum Gasteiger partial charge on any atom is -0.489 e. The minimum atomic E-state index is -0.898. The lowest BCUT2D eigenvalue weighted by molar-refractivity contribution is -0.136. The van der Waals surface area contributed by atoms with Gasteiger partial charge in [0.15, 0.2) is 5.82 Å². The number of nitrogens with one attached hydrogen (secondary N) is 1. The maximum atomic E-state index is 11.1. The van der Waals surface area contributed by atoms with Crippen molar-refractivity contribution in [2.24, 2.45) is 0 Å². The summed E-state index contributed by atoms with van der Waals surface area (Å²) >= 11 is 0. The van der Waals surface area contributed by atoms with E-state index < -0.39 is 5.97 Å². The lowest BCUT2D eigenvalue weighted by Gasteiger charge is -2.12. The van der Waals surface area contributed by atoms with E-state index in [1.54, 1.807) is 24.5 Å². The van der Waals surface area contributed by atoms with Crippen molar-refractivity contribution in [2.45, 2.75) is 13.0 Å². The number of para-hydroxylation sites is 2. The third-order valence-electron chi connectivity index (χ3n) is 5.24. The Morgan fingerprint density at radius 1 is 1.10 bits per heavy atom. The third kappa shape index (κ3) is 3.46. The third-order valence-corrected chi connectivity index (χ3v) is 5.24. The van der Waals surface area contributed by atoms with Crippen molar-refractivity contribution in [3.63, 3.8) is 0 Å². The van der Waals surface area contributed by atoms with Gasteiger partial charge in [-0.2, -0.15) is 5.10 Å². The summed E-state index contributed by atoms with van der Waals surface area (Å²) in [6.45, 7) is 0.284. The van der Waals surface area contributed by atoms with Gasteiger partial charge in [-0.1, -0.05) is 30.3 Å². The molecule has 7 nitrogen and oxygen atoms in total. The molecule has 5 rings (SSSR count). The molecule has 0 radical (unpaired) electrons. The number of benzene rings is 3. The summed E-state index contributed by atoms with van der Waals surface area (Å²) in [5.74, 6) is 0.106. The molecule has 4 N–H and O–H groups in total. The molecule has 2 aromatic heterocycles. The summed E-state index contributed by atoms with van der Waals surface area (Å²) in [5.41, 5.74) is 11.0. The number of H-pyrrole nitrogens is 1. The van der Waals surface area contributed by atoms with Crippen LogP contribution in [0.5, 0.6) is 5.75 Å². The van der Waals surface area contributed by atoms with Gasteiger partial charge in [0.2, 0.25) is 0 Å². The van der Waals surface area contributed by atoms with Crippen LogP contribution in [-0.4, -0.2) is 21.3 Å². The fourth-order valence-electron chi connectivity index (χ4n) is 3.83. The van der Waals surface area contributed by atoms with Gasteiger partial charge in [0.25, 0.3) is 0 Å². The van der Waals surface area contributed by atoms with Crippen LogP contribution in [0.25, 0.3) is 33.0 Å². The average Bonchev–Trinajstić information content (AvgIpc) is 3.39. The van der Waals surface area contributed by atoms with Crippen LogP contribution in [0.2, 0.25) is 0 Å². The quantitative estimate of drug-likeness (QED) is 0.370. The number of hydrogen-bond donors (Lipinski definition) is 3. The monoisotopic (exact) mass is 413 g/mol. The molecule has 0 unspecified atom stereocenters. The zero-order chi connectivity index (χ0) is 21.4. The van der Waals surface area contributed by atoms with Gasteiger partial charge in [0.05, 0.1) is 18.2 Å². The molecule has 0 bridgehead atoms. The number of hydrogen-bond acceptors (Lipinski definition) is 5. The Morgan fingerprint density at radius 3 is 2.84 bits per heavy atom. The molecule has 31 heavy (non-hydrogen) atoms. The van der Waals surface area contributed by atoms with E-state index in [4.69, 9.17) is 20.0 Å². The number of nitrogen functional groups attached to an aromatic ring is 1. The maximum Gasteiger partial charge on any atom is 0.307 e. The average molecular weight is 413 g/mol. The number of carboxylic acid groups (broad SMARTS) is 1. The minimum absolute atomic E-state index is 0.0918. The van der Waals surface area contributed by atoms with Crippen LogP contribution < -0.4 is 10.5 Å². The first-order valence-corrected chi connectivity index (χ1v) is 9.75. The first-order chi connectivity index (χ1) is 15.1. The summed E-state index contributed by atoms with van der Waals surface area (Å²) in [6, 6.07) is 18.9. The summed E-state index contributed by atoms with van der Waals surface area (Å²) in [6.07, 6.45) is 1.56. The van der Waals surface area contributed by atoms with Gasteiger partial charge in [-0.25, -0.2) is 0 Å². The molecule has 0 aliphatic heterocycles. The van der Waals surface area contributed by atoms with Gasteiger partial charge in [0.1, 0.15) is 17.9 Å². The Morgan fingerprint density at radius 2 is 1.97 bits per heavy atom. The van der Waals surface area contributed by atoms with Crippen molar-refractivity contribution in [2.75, 3.05) is 5.73 Å². The van der Waals surface area contributed by atoms with Gasteiger partial charge < -0.3 is 20.0 Å². The van der Waals surface area contributed by atoms with E-state index >= 15 is 0 Å². The topological polar surface area (TPSA) is 114 Å². The predicted octanol–water partition coefficient (Wildman–Crippen LogP) is 4.76. The van der Waals surface area contributed by atoms with Crippen LogP contribution >= 0.6 is 0 Å².